The zero-order valence-corrected chi connectivity index (χ0v) is 20.9. The monoisotopic (exact) mass is 487 g/mol. The number of ether oxygens (including phenoxy) is 1. The highest BCUT2D eigenvalue weighted by molar-refractivity contribution is 5.85. The summed E-state index contributed by atoms with van der Waals surface area (Å²) in [6.07, 6.45) is 9.28. The number of hydrogen-bond donors (Lipinski definition) is 6. The molecule has 11 nitrogen and oxygen atoms in total. The van der Waals surface area contributed by atoms with Crippen molar-refractivity contribution < 1.29 is 19.1 Å². The molecule has 34 heavy (non-hydrogen) atoms. The Labute approximate surface area is 205 Å². The van der Waals surface area contributed by atoms with E-state index in [1.807, 2.05) is 0 Å². The summed E-state index contributed by atoms with van der Waals surface area (Å²) < 4.78 is 4.87. The number of carbonyl (C=O) groups excluding carboxylic acids is 3. The molecule has 0 heterocycles. The third-order valence-corrected chi connectivity index (χ3v) is 5.45. The van der Waals surface area contributed by atoms with Gasteiger partial charge in [-0.3, -0.25) is 9.59 Å². The predicted octanol–water partition coefficient (Wildman–Crippen LogP) is 0.152. The molecule has 1 atom stereocenters. The molecule has 11 heteroatoms. The van der Waals surface area contributed by atoms with Crippen molar-refractivity contribution in [1.82, 2.24) is 15.5 Å². The Kier molecular flexibility index (Phi) is 21.5. The minimum absolute atomic E-state index is 0.0110. The molecule has 0 radical (unpaired) electrons. The predicted molar refractivity (Wildman–Crippen MR) is 135 cm³/mol. The van der Waals surface area contributed by atoms with E-state index in [-0.39, 0.29) is 37.6 Å². The van der Waals surface area contributed by atoms with Crippen molar-refractivity contribution in [3.05, 3.63) is 0 Å². The highest BCUT2D eigenvalue weighted by Crippen LogP contribution is 2.04. The molecule has 0 rings (SSSR count). The smallest absolute Gasteiger partial charge is 0.404 e. The quantitative estimate of drug-likeness (QED) is 0.110. The summed E-state index contributed by atoms with van der Waals surface area (Å²) in [5.41, 5.74) is 21.7. The van der Waals surface area contributed by atoms with Gasteiger partial charge in [0.1, 0.15) is 6.61 Å². The third-order valence-electron chi connectivity index (χ3n) is 5.45. The van der Waals surface area contributed by atoms with E-state index in [1.54, 1.807) is 4.90 Å². The van der Waals surface area contributed by atoms with Crippen LogP contribution >= 0.6 is 0 Å². The largest absolute Gasteiger partial charge is 0.448 e. The number of nitrogens with zero attached hydrogens (tertiary/aromatic N) is 1. The van der Waals surface area contributed by atoms with Crippen LogP contribution in [0.1, 0.15) is 70.6 Å². The van der Waals surface area contributed by atoms with Crippen LogP contribution in [-0.4, -0.2) is 81.3 Å². The van der Waals surface area contributed by atoms with E-state index in [0.29, 0.717) is 26.1 Å². The molecule has 0 fully saturated rings. The standard InChI is InChI=1S/C23H49N7O4/c24-12-6-2-1-3-9-15-28-17-22(32)30(16-10-4-7-13-25)18-21(31)29-20(11-5-8-14-26)19-34-23(27)33/h20,28H,1-19,24-26H2,(H2,27,33)(H,29,31)/t20-/m0/s1. The second-order valence-corrected chi connectivity index (χ2v) is 8.58. The first-order chi connectivity index (χ1) is 16.4. The van der Waals surface area contributed by atoms with Crippen LogP contribution in [0.15, 0.2) is 0 Å². The fraction of sp³-hybridized carbons (Fsp3) is 0.870. The van der Waals surface area contributed by atoms with Gasteiger partial charge < -0.3 is 43.2 Å². The summed E-state index contributed by atoms with van der Waals surface area (Å²) in [7, 11) is 0. The van der Waals surface area contributed by atoms with Crippen molar-refractivity contribution in [2.24, 2.45) is 22.9 Å². The fourth-order valence-electron chi connectivity index (χ4n) is 3.51. The zero-order valence-electron chi connectivity index (χ0n) is 20.9. The van der Waals surface area contributed by atoms with Crippen LogP contribution in [0, 0.1) is 0 Å². The molecular weight excluding hydrogens is 438 g/mol. The normalized spacial score (nSPS) is 11.7. The molecule has 0 aliphatic heterocycles. The Hall–Kier alpha value is -1.95. The lowest BCUT2D eigenvalue weighted by Gasteiger charge is -2.24. The lowest BCUT2D eigenvalue weighted by molar-refractivity contribution is -0.135. The number of nitrogens with one attached hydrogen (secondary N) is 2. The number of amides is 3. The molecule has 200 valence electrons. The van der Waals surface area contributed by atoms with Gasteiger partial charge in [0.2, 0.25) is 11.8 Å². The highest BCUT2D eigenvalue weighted by atomic mass is 16.5. The van der Waals surface area contributed by atoms with Crippen molar-refractivity contribution in [2.75, 3.05) is 52.4 Å². The zero-order chi connectivity index (χ0) is 25.4. The van der Waals surface area contributed by atoms with Gasteiger partial charge in [0.25, 0.3) is 0 Å². The van der Waals surface area contributed by atoms with Crippen molar-refractivity contribution in [3.63, 3.8) is 0 Å². The summed E-state index contributed by atoms with van der Waals surface area (Å²) in [4.78, 5) is 38.0. The minimum Gasteiger partial charge on any atom is -0.448 e. The van der Waals surface area contributed by atoms with Gasteiger partial charge in [-0.05, 0) is 64.7 Å². The lowest BCUT2D eigenvalue weighted by Crippen LogP contribution is -2.48. The molecule has 0 saturated heterocycles. The van der Waals surface area contributed by atoms with Crippen LogP contribution in [0.2, 0.25) is 0 Å². The van der Waals surface area contributed by atoms with Crippen molar-refractivity contribution in [3.8, 4) is 0 Å². The van der Waals surface area contributed by atoms with Crippen LogP contribution in [0.3, 0.4) is 0 Å². The van der Waals surface area contributed by atoms with Gasteiger partial charge >= 0.3 is 6.09 Å². The number of carbonyl (C=O) groups is 3. The van der Waals surface area contributed by atoms with Crippen molar-refractivity contribution >= 4 is 17.9 Å². The number of hydrogen-bond acceptors (Lipinski definition) is 8. The summed E-state index contributed by atoms with van der Waals surface area (Å²) in [6.45, 7) is 3.26. The molecule has 0 aliphatic rings. The number of primary amides is 1. The molecule has 0 bridgehead atoms. The second kappa shape index (κ2) is 22.8. The lowest BCUT2D eigenvalue weighted by atomic mass is 10.1. The molecule has 10 N–H and O–H groups in total. The Balaban J connectivity index is 4.64. The minimum atomic E-state index is -0.889. The first-order valence-electron chi connectivity index (χ1n) is 12.7. The van der Waals surface area contributed by atoms with Crippen molar-refractivity contribution in [1.29, 1.82) is 0 Å². The molecule has 0 aliphatic carbocycles. The van der Waals surface area contributed by atoms with Gasteiger partial charge in [0, 0.05) is 6.54 Å². The number of nitrogens with two attached hydrogens (primary N) is 4. The van der Waals surface area contributed by atoms with Crippen LogP contribution in [0.4, 0.5) is 4.79 Å². The van der Waals surface area contributed by atoms with Crippen LogP contribution in [0.25, 0.3) is 0 Å². The summed E-state index contributed by atoms with van der Waals surface area (Å²) >= 11 is 0. The van der Waals surface area contributed by atoms with Gasteiger partial charge in [-0.1, -0.05) is 32.1 Å². The molecule has 0 aromatic carbocycles. The highest BCUT2D eigenvalue weighted by Gasteiger charge is 2.20. The Morgan fingerprint density at radius 1 is 0.794 bits per heavy atom. The third kappa shape index (κ3) is 19.5. The van der Waals surface area contributed by atoms with Gasteiger partial charge in [-0.15, -0.1) is 0 Å². The Morgan fingerprint density at radius 3 is 2.03 bits per heavy atom. The molecule has 3 amide bonds. The first-order valence-corrected chi connectivity index (χ1v) is 12.7. The fourth-order valence-corrected chi connectivity index (χ4v) is 3.51. The van der Waals surface area contributed by atoms with E-state index in [2.05, 4.69) is 10.6 Å². The SMILES string of the molecule is NCCCCCCCNCC(=O)N(CCCCCN)CC(=O)N[C@@H](CCCCN)COC(N)=O. The van der Waals surface area contributed by atoms with E-state index < -0.39 is 6.09 Å². The molecule has 0 aromatic rings. The van der Waals surface area contributed by atoms with Gasteiger partial charge in [0.05, 0.1) is 19.1 Å². The molecular formula is C23H49N7O4. The molecule has 0 spiro atoms. The first kappa shape index (κ1) is 32.0. The van der Waals surface area contributed by atoms with Gasteiger partial charge in [0.15, 0.2) is 0 Å². The average molecular weight is 488 g/mol. The number of rotatable bonds is 23. The maximum atomic E-state index is 12.8. The molecule has 0 aromatic heterocycles. The van der Waals surface area contributed by atoms with Gasteiger partial charge in [-0.25, -0.2) is 4.79 Å². The van der Waals surface area contributed by atoms with Crippen molar-refractivity contribution in [2.45, 2.75) is 76.7 Å². The molecule has 0 saturated carbocycles. The van der Waals surface area contributed by atoms with E-state index in [0.717, 1.165) is 77.3 Å². The molecule has 0 unspecified atom stereocenters. The van der Waals surface area contributed by atoms with Gasteiger partial charge in [-0.2, -0.15) is 0 Å². The van der Waals surface area contributed by atoms with Crippen LogP contribution < -0.4 is 33.6 Å². The summed E-state index contributed by atoms with van der Waals surface area (Å²) in [5.74, 6) is -0.406. The van der Waals surface area contributed by atoms with E-state index in [1.165, 1.54) is 0 Å². The topological polar surface area (TPSA) is 192 Å². The maximum absolute atomic E-state index is 12.8. The Bertz CT molecular complexity index is 537. The summed E-state index contributed by atoms with van der Waals surface area (Å²) in [5, 5.41) is 6.05. The van der Waals surface area contributed by atoms with E-state index >= 15 is 0 Å². The van der Waals surface area contributed by atoms with Crippen LogP contribution in [-0.2, 0) is 14.3 Å². The average Bonchev–Trinajstić information content (AvgIpc) is 2.81. The van der Waals surface area contributed by atoms with E-state index in [9.17, 15) is 14.4 Å². The van der Waals surface area contributed by atoms with Crippen LogP contribution in [0.5, 0.6) is 0 Å². The number of unbranched alkanes of at least 4 members (excludes halogenated alkanes) is 7. The van der Waals surface area contributed by atoms with E-state index in [4.69, 9.17) is 27.7 Å². The maximum Gasteiger partial charge on any atom is 0.404 e. The second-order valence-electron chi connectivity index (χ2n) is 8.58. The Morgan fingerprint density at radius 2 is 1.38 bits per heavy atom. The summed E-state index contributed by atoms with van der Waals surface area (Å²) in [6, 6.07) is -0.377.